The molecule has 0 atom stereocenters. The fraction of sp³-hybridized carbons (Fsp3) is 0.357. The molecule has 0 fully saturated rings. The van der Waals surface area contributed by atoms with Crippen LogP contribution in [0.2, 0.25) is 0 Å². The lowest BCUT2D eigenvalue weighted by atomic mass is 10.2. The minimum atomic E-state index is -0.256. The predicted molar refractivity (Wildman–Crippen MR) is 79.0 cm³/mol. The van der Waals surface area contributed by atoms with Gasteiger partial charge in [-0.3, -0.25) is 4.79 Å². The number of aromatic nitrogens is 3. The lowest BCUT2D eigenvalue weighted by Gasteiger charge is -2.21. The van der Waals surface area contributed by atoms with Gasteiger partial charge in [0.25, 0.3) is 5.91 Å². The quantitative estimate of drug-likeness (QED) is 0.904. The lowest BCUT2D eigenvalue weighted by Crippen LogP contribution is -2.21. The van der Waals surface area contributed by atoms with Gasteiger partial charge >= 0.3 is 0 Å². The molecular formula is C14H19N5O. The number of benzene rings is 1. The number of anilines is 2. The van der Waals surface area contributed by atoms with Crippen LogP contribution >= 0.6 is 0 Å². The molecule has 0 saturated heterocycles. The van der Waals surface area contributed by atoms with Gasteiger partial charge in [-0.25, -0.2) is 0 Å². The zero-order chi connectivity index (χ0) is 14.5. The Balaban J connectivity index is 2.05. The Morgan fingerprint density at radius 1 is 1.25 bits per heavy atom. The summed E-state index contributed by atoms with van der Waals surface area (Å²) in [5, 5.41) is 10.6. The van der Waals surface area contributed by atoms with E-state index in [-0.39, 0.29) is 5.91 Å². The number of aryl methyl sites for hydroxylation is 1. The molecule has 1 N–H and O–H groups in total. The highest BCUT2D eigenvalue weighted by Crippen LogP contribution is 2.18. The molecule has 2 aromatic rings. The van der Waals surface area contributed by atoms with Crippen molar-refractivity contribution in [2.75, 3.05) is 23.3 Å². The highest BCUT2D eigenvalue weighted by molar-refractivity contribution is 6.02. The lowest BCUT2D eigenvalue weighted by molar-refractivity contribution is 0.102. The molecule has 6 nitrogen and oxygen atoms in total. The number of hydrogen-bond donors (Lipinski definition) is 1. The maximum atomic E-state index is 11.9. The van der Waals surface area contributed by atoms with E-state index in [1.54, 1.807) is 7.05 Å². The van der Waals surface area contributed by atoms with Crippen molar-refractivity contribution in [1.82, 2.24) is 15.0 Å². The molecule has 6 heteroatoms. The standard InChI is InChI=1S/C14H19N5O/c1-4-19(5-2)12-8-6-11(7-9-12)16-14(20)13-10-15-18(3)17-13/h6-10H,4-5H2,1-3H3,(H,16,20). The second-order valence-electron chi connectivity index (χ2n) is 4.39. The number of carbonyl (C=O) groups is 1. The molecule has 0 bridgehead atoms. The number of nitrogens with one attached hydrogen (secondary N) is 1. The maximum absolute atomic E-state index is 11.9. The monoisotopic (exact) mass is 273 g/mol. The van der Waals surface area contributed by atoms with Crippen LogP contribution < -0.4 is 10.2 Å². The minimum Gasteiger partial charge on any atom is -0.372 e. The first-order chi connectivity index (χ1) is 9.63. The van der Waals surface area contributed by atoms with Gasteiger partial charge in [0.15, 0.2) is 5.69 Å². The van der Waals surface area contributed by atoms with Gasteiger partial charge in [0.05, 0.1) is 6.20 Å². The third-order valence-electron chi connectivity index (χ3n) is 3.09. The fourth-order valence-electron chi connectivity index (χ4n) is 1.99. The Hall–Kier alpha value is -2.37. The van der Waals surface area contributed by atoms with Gasteiger partial charge < -0.3 is 10.2 Å². The molecule has 106 valence electrons. The van der Waals surface area contributed by atoms with Gasteiger partial charge in [0.2, 0.25) is 0 Å². The summed E-state index contributed by atoms with van der Waals surface area (Å²) in [4.78, 5) is 15.5. The van der Waals surface area contributed by atoms with Crippen molar-refractivity contribution in [3.63, 3.8) is 0 Å². The van der Waals surface area contributed by atoms with Gasteiger partial charge in [0, 0.05) is 31.5 Å². The Bertz CT molecular complexity index is 572. The van der Waals surface area contributed by atoms with Crippen molar-refractivity contribution < 1.29 is 4.79 Å². The highest BCUT2D eigenvalue weighted by Gasteiger charge is 2.10. The van der Waals surface area contributed by atoms with Crippen LogP contribution in [0.25, 0.3) is 0 Å². The minimum absolute atomic E-state index is 0.256. The second kappa shape index (κ2) is 6.18. The van der Waals surface area contributed by atoms with Gasteiger partial charge in [-0.1, -0.05) is 0 Å². The average molecular weight is 273 g/mol. The van der Waals surface area contributed by atoms with Crippen LogP contribution in [-0.4, -0.2) is 34.0 Å². The Morgan fingerprint density at radius 2 is 1.90 bits per heavy atom. The first-order valence-electron chi connectivity index (χ1n) is 6.66. The summed E-state index contributed by atoms with van der Waals surface area (Å²) in [7, 11) is 1.68. The van der Waals surface area contributed by atoms with Crippen molar-refractivity contribution in [2.45, 2.75) is 13.8 Å². The number of amides is 1. The molecule has 0 aliphatic heterocycles. The average Bonchev–Trinajstić information content (AvgIpc) is 2.89. The molecular weight excluding hydrogens is 254 g/mol. The van der Waals surface area contributed by atoms with Crippen LogP contribution in [0.1, 0.15) is 24.3 Å². The molecule has 0 radical (unpaired) electrons. The van der Waals surface area contributed by atoms with E-state index in [0.29, 0.717) is 5.69 Å². The van der Waals surface area contributed by atoms with E-state index >= 15 is 0 Å². The van der Waals surface area contributed by atoms with E-state index < -0.39 is 0 Å². The first-order valence-corrected chi connectivity index (χ1v) is 6.66. The SMILES string of the molecule is CCN(CC)c1ccc(NC(=O)c2cnn(C)n2)cc1. The predicted octanol–water partition coefficient (Wildman–Crippen LogP) is 1.91. The first kappa shape index (κ1) is 14.0. The van der Waals surface area contributed by atoms with E-state index in [4.69, 9.17) is 0 Å². The zero-order valence-corrected chi connectivity index (χ0v) is 12.0. The Morgan fingerprint density at radius 3 is 2.40 bits per heavy atom. The van der Waals surface area contributed by atoms with Crippen LogP contribution in [-0.2, 0) is 7.05 Å². The Kier molecular flexibility index (Phi) is 4.34. The van der Waals surface area contributed by atoms with Crippen LogP contribution in [0.15, 0.2) is 30.5 Å². The fourth-order valence-corrected chi connectivity index (χ4v) is 1.99. The van der Waals surface area contributed by atoms with E-state index in [1.165, 1.54) is 11.0 Å². The normalized spacial score (nSPS) is 10.3. The number of hydrogen-bond acceptors (Lipinski definition) is 4. The summed E-state index contributed by atoms with van der Waals surface area (Å²) >= 11 is 0. The second-order valence-corrected chi connectivity index (χ2v) is 4.39. The van der Waals surface area contributed by atoms with Gasteiger partial charge in [-0.2, -0.15) is 9.90 Å². The third-order valence-corrected chi connectivity index (χ3v) is 3.09. The van der Waals surface area contributed by atoms with Gasteiger partial charge in [-0.05, 0) is 38.1 Å². The summed E-state index contributed by atoms with van der Waals surface area (Å²) in [6.07, 6.45) is 1.44. The number of rotatable bonds is 5. The van der Waals surface area contributed by atoms with Crippen molar-refractivity contribution in [1.29, 1.82) is 0 Å². The molecule has 2 rings (SSSR count). The summed E-state index contributed by atoms with van der Waals surface area (Å²) in [5.41, 5.74) is 2.20. The van der Waals surface area contributed by atoms with Crippen molar-refractivity contribution in [2.24, 2.45) is 7.05 Å². The molecule has 20 heavy (non-hydrogen) atoms. The molecule has 0 spiro atoms. The van der Waals surface area contributed by atoms with E-state index in [9.17, 15) is 4.79 Å². The van der Waals surface area contributed by atoms with E-state index in [2.05, 4.69) is 34.3 Å². The topological polar surface area (TPSA) is 63.1 Å². The van der Waals surface area contributed by atoms with Crippen LogP contribution in [0.3, 0.4) is 0 Å². The number of nitrogens with zero attached hydrogens (tertiary/aromatic N) is 4. The van der Waals surface area contributed by atoms with E-state index in [0.717, 1.165) is 24.5 Å². The molecule has 1 amide bonds. The third kappa shape index (κ3) is 3.14. The summed E-state index contributed by atoms with van der Waals surface area (Å²) < 4.78 is 0. The molecule has 1 aromatic carbocycles. The van der Waals surface area contributed by atoms with Crippen LogP contribution in [0, 0.1) is 0 Å². The summed E-state index contributed by atoms with van der Waals surface area (Å²) in [6.45, 7) is 6.16. The molecule has 0 aliphatic carbocycles. The molecule has 1 heterocycles. The molecule has 1 aromatic heterocycles. The van der Waals surface area contributed by atoms with E-state index in [1.807, 2.05) is 24.3 Å². The zero-order valence-electron chi connectivity index (χ0n) is 12.0. The molecule has 0 saturated carbocycles. The van der Waals surface area contributed by atoms with Gasteiger partial charge in [-0.15, -0.1) is 5.10 Å². The number of carbonyl (C=O) groups excluding carboxylic acids is 1. The summed E-state index contributed by atoms with van der Waals surface area (Å²) in [5.74, 6) is -0.256. The van der Waals surface area contributed by atoms with Crippen molar-refractivity contribution >= 4 is 17.3 Å². The Labute approximate surface area is 118 Å². The van der Waals surface area contributed by atoms with Crippen LogP contribution in [0.4, 0.5) is 11.4 Å². The van der Waals surface area contributed by atoms with Gasteiger partial charge in [0.1, 0.15) is 0 Å². The van der Waals surface area contributed by atoms with Crippen molar-refractivity contribution in [3.8, 4) is 0 Å². The summed E-state index contributed by atoms with van der Waals surface area (Å²) in [6, 6.07) is 7.78. The molecule has 0 unspecified atom stereocenters. The largest absolute Gasteiger partial charge is 0.372 e. The van der Waals surface area contributed by atoms with Crippen LogP contribution in [0.5, 0.6) is 0 Å². The maximum Gasteiger partial charge on any atom is 0.277 e. The smallest absolute Gasteiger partial charge is 0.277 e. The molecule has 0 aliphatic rings. The highest BCUT2D eigenvalue weighted by atomic mass is 16.2. The van der Waals surface area contributed by atoms with Crippen molar-refractivity contribution in [3.05, 3.63) is 36.2 Å².